The van der Waals surface area contributed by atoms with Crippen molar-refractivity contribution in [1.82, 2.24) is 10.6 Å². The zero-order valence-corrected chi connectivity index (χ0v) is 11.9. The van der Waals surface area contributed by atoms with Crippen LogP contribution in [0.25, 0.3) is 0 Å². The van der Waals surface area contributed by atoms with E-state index in [-0.39, 0.29) is 10.8 Å². The number of nitrogens with one attached hydrogen (secondary N) is 2. The molecule has 0 unspecified atom stereocenters. The highest BCUT2D eigenvalue weighted by atomic mass is 32.2. The highest BCUT2D eigenvalue weighted by molar-refractivity contribution is 7.90. The van der Waals surface area contributed by atoms with Crippen LogP contribution < -0.4 is 10.6 Å². The van der Waals surface area contributed by atoms with E-state index in [1.54, 1.807) is 36.7 Å². The molecule has 0 fully saturated rings. The number of carbonyl (C=O) groups excluding carboxylic acids is 1. The molecule has 0 spiro atoms. The molecular formula is C14H16N2O3S. The Bertz CT molecular complexity index is 658. The van der Waals surface area contributed by atoms with Crippen LogP contribution in [0, 0.1) is 0 Å². The topological polar surface area (TPSA) is 75.3 Å². The van der Waals surface area contributed by atoms with Crippen molar-refractivity contribution in [2.75, 3.05) is 6.26 Å². The summed E-state index contributed by atoms with van der Waals surface area (Å²) in [4.78, 5) is 12.1. The van der Waals surface area contributed by atoms with Gasteiger partial charge in [-0.25, -0.2) is 8.42 Å². The fourth-order valence-electron chi connectivity index (χ4n) is 1.77. The molecule has 0 saturated heterocycles. The quantitative estimate of drug-likeness (QED) is 0.871. The second kappa shape index (κ2) is 5.92. The first-order valence-corrected chi connectivity index (χ1v) is 8.03. The van der Waals surface area contributed by atoms with Crippen LogP contribution in [0.2, 0.25) is 0 Å². The van der Waals surface area contributed by atoms with Gasteiger partial charge in [-0.1, -0.05) is 18.2 Å². The minimum absolute atomic E-state index is 0.131. The summed E-state index contributed by atoms with van der Waals surface area (Å²) in [5.41, 5.74) is 1.52. The monoisotopic (exact) mass is 292 g/mol. The Hall–Kier alpha value is -2.08. The first-order valence-electron chi connectivity index (χ1n) is 6.14. The Balaban J connectivity index is 1.94. The number of allylic oxidation sites excluding steroid dienone is 1. The van der Waals surface area contributed by atoms with Gasteiger partial charge in [0.05, 0.1) is 4.90 Å². The van der Waals surface area contributed by atoms with Gasteiger partial charge in [0.2, 0.25) is 5.91 Å². The van der Waals surface area contributed by atoms with Crippen molar-refractivity contribution in [1.29, 1.82) is 0 Å². The molecule has 1 aliphatic heterocycles. The second-order valence-electron chi connectivity index (χ2n) is 4.54. The maximum Gasteiger partial charge on any atom is 0.249 e. The van der Waals surface area contributed by atoms with Crippen molar-refractivity contribution < 1.29 is 13.2 Å². The zero-order chi connectivity index (χ0) is 14.6. The molecule has 0 radical (unpaired) electrons. The lowest BCUT2D eigenvalue weighted by Gasteiger charge is -2.10. The van der Waals surface area contributed by atoms with Gasteiger partial charge in [0.15, 0.2) is 9.84 Å². The van der Waals surface area contributed by atoms with Crippen molar-refractivity contribution in [3.8, 4) is 0 Å². The summed E-state index contributed by atoms with van der Waals surface area (Å²) in [6.07, 6.45) is 7.09. The van der Waals surface area contributed by atoms with Gasteiger partial charge in [-0.15, -0.1) is 0 Å². The highest BCUT2D eigenvalue weighted by Crippen LogP contribution is 2.11. The number of amides is 1. The largest absolute Gasteiger partial charge is 0.367 e. The minimum Gasteiger partial charge on any atom is -0.367 e. The van der Waals surface area contributed by atoms with Crippen LogP contribution >= 0.6 is 0 Å². The molecule has 1 aromatic carbocycles. The molecule has 1 heterocycles. The summed E-state index contributed by atoms with van der Waals surface area (Å²) < 4.78 is 22.7. The van der Waals surface area contributed by atoms with Crippen LogP contribution in [0.5, 0.6) is 0 Å². The highest BCUT2D eigenvalue weighted by Gasteiger charge is 2.10. The normalized spacial score (nSPS) is 14.3. The average molecular weight is 292 g/mol. The van der Waals surface area contributed by atoms with E-state index in [2.05, 4.69) is 10.6 Å². The van der Waals surface area contributed by atoms with E-state index < -0.39 is 9.84 Å². The molecule has 5 nitrogen and oxygen atoms in total. The fraction of sp³-hybridized carbons (Fsp3) is 0.214. The van der Waals surface area contributed by atoms with Gasteiger partial charge in [0.25, 0.3) is 0 Å². The zero-order valence-electron chi connectivity index (χ0n) is 11.1. The fourth-order valence-corrected chi connectivity index (χ4v) is 2.40. The third-order valence-electron chi connectivity index (χ3n) is 2.91. The van der Waals surface area contributed by atoms with Crippen molar-refractivity contribution in [2.24, 2.45) is 0 Å². The van der Waals surface area contributed by atoms with Gasteiger partial charge in [-0.05, 0) is 30.3 Å². The lowest BCUT2D eigenvalue weighted by Crippen LogP contribution is -2.26. The third kappa shape index (κ3) is 3.71. The average Bonchev–Trinajstić information content (AvgIpc) is 2.45. The van der Waals surface area contributed by atoms with Crippen molar-refractivity contribution in [3.63, 3.8) is 0 Å². The van der Waals surface area contributed by atoms with E-state index >= 15 is 0 Å². The van der Waals surface area contributed by atoms with Crippen LogP contribution in [-0.4, -0.2) is 20.6 Å². The number of sulfone groups is 1. The van der Waals surface area contributed by atoms with Crippen molar-refractivity contribution >= 4 is 15.7 Å². The predicted molar refractivity (Wildman–Crippen MR) is 76.4 cm³/mol. The van der Waals surface area contributed by atoms with Gasteiger partial charge >= 0.3 is 0 Å². The van der Waals surface area contributed by atoms with E-state index in [1.165, 1.54) is 6.26 Å². The molecule has 6 heteroatoms. The smallest absolute Gasteiger partial charge is 0.249 e. The summed E-state index contributed by atoms with van der Waals surface area (Å²) >= 11 is 0. The van der Waals surface area contributed by atoms with Gasteiger partial charge < -0.3 is 10.6 Å². The van der Waals surface area contributed by atoms with Gasteiger partial charge in [-0.2, -0.15) is 0 Å². The van der Waals surface area contributed by atoms with Gasteiger partial charge in [-0.3, -0.25) is 4.79 Å². The van der Waals surface area contributed by atoms with Gasteiger partial charge in [0.1, 0.15) is 0 Å². The Morgan fingerprint density at radius 2 is 2.00 bits per heavy atom. The summed E-state index contributed by atoms with van der Waals surface area (Å²) in [5, 5.41) is 5.66. The Morgan fingerprint density at radius 1 is 1.30 bits per heavy atom. The minimum atomic E-state index is -3.18. The molecule has 1 aromatic rings. The Morgan fingerprint density at radius 3 is 2.55 bits per heavy atom. The number of hydrogen-bond acceptors (Lipinski definition) is 4. The molecule has 0 atom stereocenters. The molecule has 1 aliphatic rings. The van der Waals surface area contributed by atoms with Crippen LogP contribution in [0.3, 0.4) is 0 Å². The molecule has 20 heavy (non-hydrogen) atoms. The summed E-state index contributed by atoms with van der Waals surface area (Å²) in [7, 11) is -3.18. The second-order valence-corrected chi connectivity index (χ2v) is 6.56. The van der Waals surface area contributed by atoms with E-state index in [4.69, 9.17) is 0 Å². The molecule has 0 saturated carbocycles. The number of dihydropyridines is 1. The lowest BCUT2D eigenvalue weighted by molar-refractivity contribution is -0.117. The number of benzene rings is 1. The van der Waals surface area contributed by atoms with Crippen LogP contribution in [-0.2, 0) is 21.2 Å². The van der Waals surface area contributed by atoms with E-state index in [0.717, 1.165) is 5.56 Å². The van der Waals surface area contributed by atoms with Crippen molar-refractivity contribution in [3.05, 3.63) is 53.9 Å². The maximum absolute atomic E-state index is 11.8. The molecular weight excluding hydrogens is 276 g/mol. The number of hydrogen-bond donors (Lipinski definition) is 2. The summed E-state index contributed by atoms with van der Waals surface area (Å²) in [6.45, 7) is 0.365. The molecule has 1 amide bonds. The maximum atomic E-state index is 11.8. The van der Waals surface area contributed by atoms with Crippen LogP contribution in [0.4, 0.5) is 0 Å². The molecule has 106 valence electrons. The van der Waals surface area contributed by atoms with Crippen LogP contribution in [0.15, 0.2) is 53.2 Å². The third-order valence-corrected chi connectivity index (χ3v) is 4.03. The van der Waals surface area contributed by atoms with E-state index in [9.17, 15) is 13.2 Å². The Labute approximate surface area is 118 Å². The lowest BCUT2D eigenvalue weighted by atomic mass is 10.1. The molecule has 0 aliphatic carbocycles. The van der Waals surface area contributed by atoms with Crippen LogP contribution in [0.1, 0.15) is 12.0 Å². The molecule has 2 rings (SSSR count). The number of carbonyl (C=O) groups is 1. The predicted octanol–water partition coefficient (Wildman–Crippen LogP) is 1.10. The molecule has 0 bridgehead atoms. The first kappa shape index (κ1) is 14.3. The van der Waals surface area contributed by atoms with Gasteiger partial charge in [0, 0.05) is 24.6 Å². The first-order chi connectivity index (χ1) is 9.47. The summed E-state index contributed by atoms with van der Waals surface area (Å²) in [5.74, 6) is -0.131. The SMILES string of the molecule is CS(=O)(=O)c1ccc(CNC(=O)C2=CNC=CC2)cc1. The van der Waals surface area contributed by atoms with E-state index in [1.807, 2.05) is 6.08 Å². The Kier molecular flexibility index (Phi) is 4.24. The van der Waals surface area contributed by atoms with E-state index in [0.29, 0.717) is 18.5 Å². The number of rotatable bonds is 4. The molecule has 2 N–H and O–H groups in total. The molecule has 0 aromatic heterocycles. The summed E-state index contributed by atoms with van der Waals surface area (Å²) in [6, 6.07) is 6.48. The standard InChI is InChI=1S/C14H16N2O3S/c1-20(18,19)13-6-4-11(5-7-13)9-16-14(17)12-3-2-8-15-10-12/h2,4-8,10,15H,3,9H2,1H3,(H,16,17). The van der Waals surface area contributed by atoms with Crippen molar-refractivity contribution in [2.45, 2.75) is 17.9 Å².